The summed E-state index contributed by atoms with van der Waals surface area (Å²) in [6, 6.07) is 34.9. The molecular formula is C44H46Cl2N6O10S4. The highest BCUT2D eigenvalue weighted by Gasteiger charge is 2.38. The average Bonchev–Trinajstić information content (AvgIpc) is 3.22. The van der Waals surface area contributed by atoms with Crippen molar-refractivity contribution in [1.29, 1.82) is 0 Å². The minimum atomic E-state index is -3.19. The number of nitrogens with one attached hydrogen (secondary N) is 2. The number of nitrogens with zero attached hydrogens (tertiary/aromatic N) is 1. The number of nitrogen functional groups attached to an aromatic ring is 3. The van der Waals surface area contributed by atoms with E-state index in [4.69, 9.17) is 21.4 Å². The molecule has 0 aromatic heterocycles. The van der Waals surface area contributed by atoms with Crippen molar-refractivity contribution in [1.82, 2.24) is 0 Å². The summed E-state index contributed by atoms with van der Waals surface area (Å²) in [6.07, 6.45) is 3.05. The van der Waals surface area contributed by atoms with Crippen molar-refractivity contribution in [3.63, 3.8) is 0 Å². The zero-order chi connectivity index (χ0) is 49.3. The molecule has 0 bridgehead atoms. The third kappa shape index (κ3) is 14.9. The number of rotatable bonds is 9. The van der Waals surface area contributed by atoms with Gasteiger partial charge in [0.15, 0.2) is 21.4 Å². The van der Waals surface area contributed by atoms with Gasteiger partial charge in [-0.15, -0.1) is 0 Å². The number of hydrogen-bond donors (Lipinski definition) is 5. The highest BCUT2D eigenvalue weighted by atomic mass is 35.7. The molecule has 6 aromatic carbocycles. The Kier molecular flexibility index (Phi) is 17.4. The van der Waals surface area contributed by atoms with E-state index in [0.717, 1.165) is 12.5 Å². The van der Waals surface area contributed by atoms with E-state index in [1.807, 2.05) is 6.07 Å². The quantitative estimate of drug-likeness (QED) is 0.0680. The van der Waals surface area contributed by atoms with Crippen LogP contribution in [0.25, 0.3) is 0 Å². The summed E-state index contributed by atoms with van der Waals surface area (Å²) in [4.78, 5) is 28.9. The SMILES string of the molecule is CS(=O)(=O)Cl.CS(=O)(=O)Cl.CS(=O)(=O)c1ccccc1.Cc1cc(Nc2ccc(N)cc2)c2c(c1N)C(=O)c1c(Nc3ccc(N(C)S(=O)Oc4ccccc4)cc3)cc(C)c(N)c1C2=O. The highest BCUT2D eigenvalue weighted by Crippen LogP contribution is 2.44. The summed E-state index contributed by atoms with van der Waals surface area (Å²) in [5.41, 5.74) is 24.5. The molecule has 0 spiro atoms. The van der Waals surface area contributed by atoms with Crippen LogP contribution >= 0.6 is 21.4 Å². The van der Waals surface area contributed by atoms with Gasteiger partial charge in [0.2, 0.25) is 18.1 Å². The number of benzene rings is 6. The van der Waals surface area contributed by atoms with Gasteiger partial charge in [-0.05, 0) is 110 Å². The van der Waals surface area contributed by atoms with Gasteiger partial charge in [-0.3, -0.25) is 13.9 Å². The van der Waals surface area contributed by atoms with Crippen LogP contribution < -0.4 is 36.3 Å². The second-order valence-corrected chi connectivity index (χ2v) is 23.7. The summed E-state index contributed by atoms with van der Waals surface area (Å²) in [7, 11) is 1.27. The number of ketones is 2. The molecule has 0 amide bonds. The van der Waals surface area contributed by atoms with Crippen molar-refractivity contribution in [2.45, 2.75) is 18.7 Å². The first-order chi connectivity index (χ1) is 30.6. The largest absolute Gasteiger partial charge is 0.399 e. The molecule has 66 heavy (non-hydrogen) atoms. The molecule has 0 heterocycles. The maximum atomic E-state index is 14.3. The molecule has 1 atom stereocenters. The second kappa shape index (κ2) is 21.9. The van der Waals surface area contributed by atoms with Gasteiger partial charge in [0, 0.05) is 63.1 Å². The Balaban J connectivity index is 0.000000395. The standard InChI is InChI=1S/C35H32N6O4S.C7H8O2S.2CH3ClO2S/c1-19-17-26(39-22-11-9-21(36)10-12-22)28-30(32(19)37)35(43)29-27(18-20(2)33(38)31(29)34(28)42)40-23-13-15-24(16-14-23)41(3)46(44)45-25-7-5-4-6-8-25;1-10(8,9)7-5-3-2-4-6-7;2*1-5(2,3)4/h4-18,39-40H,36-38H2,1-3H3;2-6H,1H3;2*1H3. The van der Waals surface area contributed by atoms with E-state index in [9.17, 15) is 39.1 Å². The second-order valence-electron chi connectivity index (χ2n) is 14.4. The van der Waals surface area contributed by atoms with Crippen LogP contribution in [-0.4, -0.2) is 66.8 Å². The van der Waals surface area contributed by atoms with Crippen molar-refractivity contribution in [2.24, 2.45) is 0 Å². The van der Waals surface area contributed by atoms with Gasteiger partial charge in [-0.2, -0.15) is 4.21 Å². The van der Waals surface area contributed by atoms with E-state index < -0.39 is 50.8 Å². The molecule has 0 aliphatic heterocycles. The number of para-hydroxylation sites is 1. The Bertz CT molecular complexity index is 3060. The molecular weight excluding hydrogens is 972 g/mol. The first kappa shape index (κ1) is 52.5. The number of sulfone groups is 1. The van der Waals surface area contributed by atoms with Crippen molar-refractivity contribution in [3.05, 3.63) is 155 Å². The lowest BCUT2D eigenvalue weighted by Gasteiger charge is -2.27. The number of carbonyl (C=O) groups excluding carboxylic acids is 2. The van der Waals surface area contributed by atoms with Crippen LogP contribution in [0.1, 0.15) is 43.0 Å². The van der Waals surface area contributed by atoms with E-state index in [1.165, 1.54) is 10.6 Å². The maximum Gasteiger partial charge on any atom is 0.318 e. The minimum absolute atomic E-state index is 0.119. The topological polar surface area (TPSA) is 268 Å². The number of halogens is 2. The summed E-state index contributed by atoms with van der Waals surface area (Å²) in [5, 5.41) is 6.55. The fourth-order valence-corrected chi connectivity index (χ4v) is 7.39. The Morgan fingerprint density at radius 1 is 0.576 bits per heavy atom. The van der Waals surface area contributed by atoms with E-state index in [-0.39, 0.29) is 33.6 Å². The molecule has 0 saturated heterocycles. The van der Waals surface area contributed by atoms with Crippen LogP contribution in [0.3, 0.4) is 0 Å². The van der Waals surface area contributed by atoms with Crippen molar-refractivity contribution in [3.8, 4) is 5.75 Å². The van der Waals surface area contributed by atoms with Crippen molar-refractivity contribution < 1.29 is 43.2 Å². The lowest BCUT2D eigenvalue weighted by atomic mass is 9.79. The molecule has 6 aromatic rings. The Morgan fingerprint density at radius 2 is 0.939 bits per heavy atom. The third-order valence-electron chi connectivity index (χ3n) is 9.06. The van der Waals surface area contributed by atoms with Crippen LogP contribution in [0.2, 0.25) is 0 Å². The number of fused-ring (bicyclic) bond motifs is 2. The van der Waals surface area contributed by atoms with Gasteiger partial charge in [0.25, 0.3) is 0 Å². The van der Waals surface area contributed by atoms with E-state index in [0.29, 0.717) is 55.9 Å². The molecule has 0 fully saturated rings. The molecule has 1 unspecified atom stereocenters. The molecule has 0 saturated carbocycles. The third-order valence-corrected chi connectivity index (χ3v) is 11.2. The van der Waals surface area contributed by atoms with Gasteiger partial charge in [0.05, 0.1) is 56.7 Å². The molecule has 7 rings (SSSR count). The average molecular weight is 1020 g/mol. The fraction of sp³-hybridized carbons (Fsp3) is 0.136. The lowest BCUT2D eigenvalue weighted by molar-refractivity contribution is 0.0981. The van der Waals surface area contributed by atoms with Crippen molar-refractivity contribution >= 4 is 118 Å². The normalized spacial score (nSPS) is 12.2. The van der Waals surface area contributed by atoms with Gasteiger partial charge in [0.1, 0.15) is 5.75 Å². The predicted molar refractivity (Wildman–Crippen MR) is 266 cm³/mol. The first-order valence-electron chi connectivity index (χ1n) is 19.0. The number of aryl methyl sites for hydroxylation is 2. The van der Waals surface area contributed by atoms with Crippen LogP contribution in [0.15, 0.2) is 126 Å². The monoisotopic (exact) mass is 1020 g/mol. The van der Waals surface area contributed by atoms with Crippen LogP contribution in [0.5, 0.6) is 5.75 Å². The van der Waals surface area contributed by atoms with Gasteiger partial charge >= 0.3 is 11.3 Å². The van der Waals surface area contributed by atoms with E-state index in [1.54, 1.807) is 136 Å². The lowest BCUT2D eigenvalue weighted by Crippen LogP contribution is -2.27. The van der Waals surface area contributed by atoms with Crippen LogP contribution in [-0.2, 0) is 39.2 Å². The van der Waals surface area contributed by atoms with Gasteiger partial charge in [-0.25, -0.2) is 25.3 Å². The summed E-state index contributed by atoms with van der Waals surface area (Å²) < 4.78 is 79.1. The van der Waals surface area contributed by atoms with Crippen molar-refractivity contribution in [2.75, 3.05) is 58.0 Å². The molecule has 0 radical (unpaired) electrons. The molecule has 1 aliphatic rings. The molecule has 22 heteroatoms. The zero-order valence-corrected chi connectivity index (χ0v) is 41.0. The Hall–Kier alpha value is -6.16. The number of hydrogen-bond acceptors (Lipinski definition) is 15. The van der Waals surface area contributed by atoms with Crippen LogP contribution in [0, 0.1) is 13.8 Å². The Labute approximate surface area is 395 Å². The van der Waals surface area contributed by atoms with Crippen LogP contribution in [0.4, 0.5) is 45.5 Å². The smallest absolute Gasteiger partial charge is 0.318 e. The van der Waals surface area contributed by atoms with E-state index >= 15 is 0 Å². The fourth-order valence-electron chi connectivity index (χ4n) is 6.06. The number of carbonyl (C=O) groups is 2. The summed E-state index contributed by atoms with van der Waals surface area (Å²) in [6.45, 7) is 3.57. The van der Waals surface area contributed by atoms with Gasteiger partial charge < -0.3 is 32.0 Å². The molecule has 16 nitrogen and oxygen atoms in total. The maximum absolute atomic E-state index is 14.3. The van der Waals surface area contributed by atoms with E-state index in [2.05, 4.69) is 32.0 Å². The molecule has 1 aliphatic carbocycles. The number of nitrogens with two attached hydrogens (primary N) is 3. The molecule has 350 valence electrons. The summed E-state index contributed by atoms with van der Waals surface area (Å²) in [5.74, 6) is -0.333. The highest BCUT2D eigenvalue weighted by molar-refractivity contribution is 8.13. The first-order valence-corrected chi connectivity index (χ1v) is 27.4. The Morgan fingerprint density at radius 3 is 1.30 bits per heavy atom. The molecule has 8 N–H and O–H groups in total. The summed E-state index contributed by atoms with van der Waals surface area (Å²) >= 11 is -1.78. The zero-order valence-electron chi connectivity index (χ0n) is 36.2. The minimum Gasteiger partial charge on any atom is -0.399 e. The predicted octanol–water partition coefficient (Wildman–Crippen LogP) is 7.87. The van der Waals surface area contributed by atoms with Gasteiger partial charge in [-0.1, -0.05) is 36.4 Å². The number of anilines is 8.